The van der Waals surface area contributed by atoms with Crippen LogP contribution in [0.2, 0.25) is 0 Å². The number of imidazole rings is 1. The number of nitrogens with two attached hydrogens (primary N) is 1. The van der Waals surface area contributed by atoms with E-state index in [2.05, 4.69) is 36.0 Å². The topological polar surface area (TPSA) is 248 Å². The standard InChI is InChI=1S/C26H42N9O8PS/c27-23-20-24(30-13-29-23)35(14-31-20)25-22(38)21(37)16(43-25)11-42-44(40,41)32-10-6-2-1-5-9-28-18(36)8-4-3-7-17-19-15(12-45-17)33-26(39)34-19/h13-17,19,21-22,25,37-38H,1-12H2,(H,28,36)(H2,27,29,30)(H2,32,40,41)(H2,33,34,39)/t15?,16-,17-,19?,21-,22-,25-/m1/s1. The molecule has 9 N–H and O–H groups in total. The van der Waals surface area contributed by atoms with Crippen molar-refractivity contribution in [2.75, 3.05) is 31.2 Å². The number of aliphatic hydroxyl groups is 2. The number of nitrogens with zero attached hydrogens (tertiary/aromatic N) is 4. The Kier molecular flexibility index (Phi) is 11.5. The molecule has 3 unspecified atom stereocenters. The van der Waals surface area contributed by atoms with Gasteiger partial charge in [-0.25, -0.2) is 29.4 Å². The molecule has 3 fully saturated rings. The molecular formula is C26H42N9O8PS. The van der Waals surface area contributed by atoms with E-state index in [1.54, 1.807) is 0 Å². The number of fused-ring (bicyclic) bond motifs is 2. The highest BCUT2D eigenvalue weighted by molar-refractivity contribution is 8.00. The first-order valence-corrected chi connectivity index (χ1v) is 17.9. The summed E-state index contributed by atoms with van der Waals surface area (Å²) in [5.41, 5.74) is 6.42. The number of ether oxygens (including phenoxy) is 1. The lowest BCUT2D eigenvalue weighted by Crippen LogP contribution is -2.36. The molecule has 3 saturated heterocycles. The Morgan fingerprint density at radius 2 is 1.93 bits per heavy atom. The minimum absolute atomic E-state index is 0.0371. The van der Waals surface area contributed by atoms with Crippen LogP contribution in [-0.2, 0) is 18.6 Å². The van der Waals surface area contributed by atoms with Gasteiger partial charge < -0.3 is 41.5 Å². The van der Waals surface area contributed by atoms with Gasteiger partial charge in [0.15, 0.2) is 17.7 Å². The summed E-state index contributed by atoms with van der Waals surface area (Å²) in [6.45, 7) is 0.386. The number of carbonyl (C=O) groups excluding carboxylic acids is 2. The smallest absolute Gasteiger partial charge is 0.387 e. The molecule has 5 heterocycles. The maximum Gasteiger partial charge on any atom is 0.403 e. The fraction of sp³-hybridized carbons (Fsp3) is 0.731. The number of urea groups is 1. The SMILES string of the molecule is Nc1ncnc2c1ncn2[C@@H]1O[C@H](COP(=O)(O)NCCCCCCNC(=O)CCCC[C@H]2SCC3NC(=O)NC32)[C@@H](O)[C@H]1O. The Hall–Kier alpha value is -2.57. The maximum atomic E-state index is 12.4. The van der Waals surface area contributed by atoms with Crippen molar-refractivity contribution in [3.8, 4) is 0 Å². The number of nitrogens with one attached hydrogen (secondary N) is 4. The lowest BCUT2D eigenvalue weighted by atomic mass is 10.0. The van der Waals surface area contributed by atoms with Gasteiger partial charge in [-0.15, -0.1) is 0 Å². The summed E-state index contributed by atoms with van der Waals surface area (Å²) in [5.74, 6) is 1.13. The molecule has 0 saturated carbocycles. The molecule has 0 aromatic carbocycles. The summed E-state index contributed by atoms with van der Waals surface area (Å²) in [7, 11) is -4.18. The molecule has 0 aliphatic carbocycles. The Labute approximate surface area is 264 Å². The second kappa shape index (κ2) is 15.3. The highest BCUT2D eigenvalue weighted by atomic mass is 32.2. The summed E-state index contributed by atoms with van der Waals surface area (Å²) in [5, 5.41) is 32.8. The van der Waals surface area contributed by atoms with E-state index in [1.807, 2.05) is 11.8 Å². The van der Waals surface area contributed by atoms with Crippen molar-refractivity contribution in [1.82, 2.24) is 40.6 Å². The summed E-state index contributed by atoms with van der Waals surface area (Å²) < 4.78 is 24.7. The van der Waals surface area contributed by atoms with Crippen LogP contribution in [0.1, 0.15) is 57.6 Å². The fourth-order valence-electron chi connectivity index (χ4n) is 5.79. The van der Waals surface area contributed by atoms with Gasteiger partial charge in [0, 0.05) is 30.5 Å². The van der Waals surface area contributed by atoms with Gasteiger partial charge in [0.1, 0.15) is 30.2 Å². The van der Waals surface area contributed by atoms with Crippen molar-refractivity contribution in [2.45, 2.75) is 93.2 Å². The molecule has 0 bridgehead atoms. The molecule has 2 aromatic rings. The first kappa shape index (κ1) is 33.8. The van der Waals surface area contributed by atoms with Gasteiger partial charge in [0.2, 0.25) is 5.91 Å². The van der Waals surface area contributed by atoms with Crippen LogP contribution in [-0.4, -0.2) is 108 Å². The number of anilines is 1. The van der Waals surface area contributed by atoms with E-state index in [1.165, 1.54) is 17.2 Å². The van der Waals surface area contributed by atoms with Gasteiger partial charge in [0.05, 0.1) is 25.0 Å². The Balaban J connectivity index is 0.890. The molecular weight excluding hydrogens is 629 g/mol. The van der Waals surface area contributed by atoms with E-state index in [-0.39, 0.29) is 36.4 Å². The van der Waals surface area contributed by atoms with Crippen LogP contribution in [0.15, 0.2) is 12.7 Å². The third kappa shape index (κ3) is 8.62. The summed E-state index contributed by atoms with van der Waals surface area (Å²) in [6, 6.07) is 0.333. The van der Waals surface area contributed by atoms with Crippen molar-refractivity contribution >= 4 is 48.4 Å². The quantitative estimate of drug-likeness (QED) is 0.0633. The largest absolute Gasteiger partial charge is 0.403 e. The third-order valence-electron chi connectivity index (χ3n) is 8.23. The van der Waals surface area contributed by atoms with Gasteiger partial charge in [-0.05, 0) is 25.7 Å². The number of hydrogen-bond acceptors (Lipinski definition) is 12. The zero-order valence-corrected chi connectivity index (χ0v) is 26.5. The molecule has 3 amide bonds. The Morgan fingerprint density at radius 1 is 1.13 bits per heavy atom. The number of nitrogen functional groups attached to an aromatic ring is 1. The molecule has 45 heavy (non-hydrogen) atoms. The number of amides is 3. The third-order valence-corrected chi connectivity index (χ3v) is 10.9. The van der Waals surface area contributed by atoms with Crippen LogP contribution in [0.3, 0.4) is 0 Å². The van der Waals surface area contributed by atoms with Crippen molar-refractivity contribution < 1.29 is 38.5 Å². The molecule has 2 aromatic heterocycles. The molecule has 0 spiro atoms. The maximum absolute atomic E-state index is 12.4. The molecule has 8 atom stereocenters. The number of thioether (sulfide) groups is 1. The number of unbranched alkanes of at least 4 members (excludes halogenated alkanes) is 4. The predicted octanol–water partition coefficient (Wildman–Crippen LogP) is 0.137. The molecule has 19 heteroatoms. The zero-order chi connectivity index (χ0) is 32.0. The summed E-state index contributed by atoms with van der Waals surface area (Å²) in [4.78, 5) is 45.9. The fourth-order valence-corrected chi connectivity index (χ4v) is 8.21. The monoisotopic (exact) mass is 671 g/mol. The van der Waals surface area contributed by atoms with E-state index in [4.69, 9.17) is 15.0 Å². The first-order chi connectivity index (χ1) is 21.6. The molecule has 5 rings (SSSR count). The van der Waals surface area contributed by atoms with Crippen LogP contribution in [0.5, 0.6) is 0 Å². The number of carbonyl (C=O) groups is 2. The van der Waals surface area contributed by atoms with Crippen LogP contribution >= 0.6 is 19.5 Å². The van der Waals surface area contributed by atoms with Crippen molar-refractivity contribution in [2.24, 2.45) is 0 Å². The van der Waals surface area contributed by atoms with Gasteiger partial charge in [-0.2, -0.15) is 11.8 Å². The highest BCUT2D eigenvalue weighted by Crippen LogP contribution is 2.39. The summed E-state index contributed by atoms with van der Waals surface area (Å²) in [6.07, 6.45) is 4.01. The van der Waals surface area contributed by atoms with Crippen LogP contribution in [0, 0.1) is 0 Å². The van der Waals surface area contributed by atoms with Crippen molar-refractivity contribution in [3.63, 3.8) is 0 Å². The van der Waals surface area contributed by atoms with E-state index in [0.29, 0.717) is 35.8 Å². The lowest BCUT2D eigenvalue weighted by Gasteiger charge is -2.18. The van der Waals surface area contributed by atoms with E-state index >= 15 is 0 Å². The molecule has 17 nitrogen and oxygen atoms in total. The number of aliphatic hydroxyl groups excluding tert-OH is 2. The predicted molar refractivity (Wildman–Crippen MR) is 165 cm³/mol. The van der Waals surface area contributed by atoms with Gasteiger partial charge in [-0.1, -0.05) is 19.3 Å². The van der Waals surface area contributed by atoms with Crippen molar-refractivity contribution in [1.29, 1.82) is 0 Å². The van der Waals surface area contributed by atoms with Crippen LogP contribution in [0.4, 0.5) is 10.6 Å². The van der Waals surface area contributed by atoms with Gasteiger partial charge >= 0.3 is 13.8 Å². The van der Waals surface area contributed by atoms with E-state index in [9.17, 15) is 29.3 Å². The molecule has 250 valence electrons. The minimum atomic E-state index is -4.18. The number of hydrogen-bond donors (Lipinski definition) is 8. The average molecular weight is 672 g/mol. The molecule has 0 radical (unpaired) electrons. The first-order valence-electron chi connectivity index (χ1n) is 15.3. The lowest BCUT2D eigenvalue weighted by molar-refractivity contribution is -0.121. The zero-order valence-electron chi connectivity index (χ0n) is 24.8. The van der Waals surface area contributed by atoms with Crippen LogP contribution < -0.4 is 26.8 Å². The number of aromatic nitrogens is 4. The average Bonchev–Trinajstić information content (AvgIpc) is 3.76. The van der Waals surface area contributed by atoms with Crippen LogP contribution in [0.25, 0.3) is 11.2 Å². The van der Waals surface area contributed by atoms with Crippen molar-refractivity contribution in [3.05, 3.63) is 12.7 Å². The Morgan fingerprint density at radius 3 is 2.76 bits per heavy atom. The highest BCUT2D eigenvalue weighted by Gasteiger charge is 2.45. The van der Waals surface area contributed by atoms with E-state index in [0.717, 1.165) is 44.3 Å². The second-order valence-electron chi connectivity index (χ2n) is 11.5. The Bertz CT molecular complexity index is 1370. The second-order valence-corrected chi connectivity index (χ2v) is 14.4. The normalized spacial score (nSPS) is 29.0. The minimum Gasteiger partial charge on any atom is -0.387 e. The molecule has 3 aliphatic rings. The van der Waals surface area contributed by atoms with E-state index < -0.39 is 38.9 Å². The molecule has 3 aliphatic heterocycles. The van der Waals surface area contributed by atoms with Gasteiger partial charge in [-0.3, -0.25) is 13.9 Å². The van der Waals surface area contributed by atoms with Gasteiger partial charge in [0.25, 0.3) is 0 Å². The number of rotatable bonds is 17. The summed E-state index contributed by atoms with van der Waals surface area (Å²) >= 11 is 1.88.